The molecule has 146 valence electrons. The molecular weight excluding hydrogens is 369 g/mol. The summed E-state index contributed by atoms with van der Waals surface area (Å²) in [5, 5.41) is 2.96. The van der Waals surface area contributed by atoms with Gasteiger partial charge in [-0.2, -0.15) is 0 Å². The van der Waals surface area contributed by atoms with E-state index >= 15 is 0 Å². The van der Waals surface area contributed by atoms with E-state index in [-0.39, 0.29) is 11.7 Å². The van der Waals surface area contributed by atoms with Crippen LogP contribution in [0.25, 0.3) is 22.4 Å². The van der Waals surface area contributed by atoms with Gasteiger partial charge in [0.25, 0.3) is 0 Å². The van der Waals surface area contributed by atoms with Gasteiger partial charge in [0.1, 0.15) is 17.4 Å². The fraction of sp³-hybridized carbons (Fsp3) is 0.130. The van der Waals surface area contributed by atoms with E-state index < -0.39 is 0 Å². The number of H-pyrrole nitrogens is 1. The first kappa shape index (κ1) is 18.7. The predicted octanol–water partition coefficient (Wildman–Crippen LogP) is 5.17. The summed E-state index contributed by atoms with van der Waals surface area (Å²) in [6.45, 7) is 0.379. The van der Waals surface area contributed by atoms with Crippen LogP contribution in [0.15, 0.2) is 72.8 Å². The van der Waals surface area contributed by atoms with Gasteiger partial charge in [0.05, 0.1) is 23.3 Å². The molecule has 0 fully saturated rings. The number of para-hydroxylation sites is 3. The van der Waals surface area contributed by atoms with Crippen LogP contribution in [0.2, 0.25) is 0 Å². The standard InChI is InChI=1S/C23H20FN3O2/c24-16-11-13-17(14-12-16)29-15-5-10-22(28)25-19-7-2-1-6-18(19)23-26-20-8-3-4-9-21(20)27-23/h1-4,6-9,11-14H,5,10,15H2,(H,25,28)(H,26,27). The molecule has 0 aliphatic rings. The highest BCUT2D eigenvalue weighted by atomic mass is 19.1. The Morgan fingerprint density at radius 3 is 2.59 bits per heavy atom. The van der Waals surface area contributed by atoms with E-state index in [9.17, 15) is 9.18 Å². The van der Waals surface area contributed by atoms with Crippen LogP contribution >= 0.6 is 0 Å². The maximum atomic E-state index is 12.9. The summed E-state index contributed by atoms with van der Waals surface area (Å²) in [6, 6.07) is 21.2. The minimum absolute atomic E-state index is 0.101. The molecule has 0 aliphatic heterocycles. The number of ether oxygens (including phenoxy) is 1. The van der Waals surface area contributed by atoms with Gasteiger partial charge in [0.2, 0.25) is 5.91 Å². The quantitative estimate of drug-likeness (QED) is 0.429. The van der Waals surface area contributed by atoms with Crippen LogP contribution in [0.4, 0.5) is 10.1 Å². The lowest BCUT2D eigenvalue weighted by Gasteiger charge is -2.10. The van der Waals surface area contributed by atoms with Crippen molar-refractivity contribution in [1.82, 2.24) is 9.97 Å². The molecule has 3 aromatic carbocycles. The SMILES string of the molecule is O=C(CCCOc1ccc(F)cc1)Nc1ccccc1-c1nc2ccccc2[nH]1. The lowest BCUT2D eigenvalue weighted by atomic mass is 10.1. The average Bonchev–Trinajstić information content (AvgIpc) is 3.17. The van der Waals surface area contributed by atoms with Crippen molar-refractivity contribution < 1.29 is 13.9 Å². The number of halogens is 1. The second kappa shape index (κ2) is 8.56. The number of aromatic amines is 1. The smallest absolute Gasteiger partial charge is 0.224 e. The number of aromatic nitrogens is 2. The lowest BCUT2D eigenvalue weighted by Crippen LogP contribution is -2.13. The molecule has 2 N–H and O–H groups in total. The molecule has 0 unspecified atom stereocenters. The first-order valence-electron chi connectivity index (χ1n) is 9.41. The van der Waals surface area contributed by atoms with Crippen molar-refractivity contribution in [2.24, 2.45) is 0 Å². The van der Waals surface area contributed by atoms with Crippen molar-refractivity contribution >= 4 is 22.6 Å². The maximum Gasteiger partial charge on any atom is 0.224 e. The Morgan fingerprint density at radius 1 is 1.00 bits per heavy atom. The largest absolute Gasteiger partial charge is 0.494 e. The fourth-order valence-electron chi connectivity index (χ4n) is 3.05. The van der Waals surface area contributed by atoms with E-state index in [0.717, 1.165) is 16.6 Å². The van der Waals surface area contributed by atoms with Crippen molar-refractivity contribution in [3.05, 3.63) is 78.6 Å². The van der Waals surface area contributed by atoms with Gasteiger partial charge >= 0.3 is 0 Å². The second-order valence-corrected chi connectivity index (χ2v) is 6.60. The zero-order chi connectivity index (χ0) is 20.1. The first-order valence-corrected chi connectivity index (χ1v) is 9.41. The molecule has 29 heavy (non-hydrogen) atoms. The van der Waals surface area contributed by atoms with Gasteiger partial charge in [-0.05, 0) is 55.0 Å². The van der Waals surface area contributed by atoms with Crippen LogP contribution in [-0.4, -0.2) is 22.5 Å². The van der Waals surface area contributed by atoms with Crippen LogP contribution in [0.3, 0.4) is 0 Å². The van der Waals surface area contributed by atoms with E-state index in [4.69, 9.17) is 4.74 Å². The number of hydrogen-bond acceptors (Lipinski definition) is 3. The molecule has 0 atom stereocenters. The van der Waals surface area contributed by atoms with Crippen molar-refractivity contribution in [1.29, 1.82) is 0 Å². The molecule has 1 amide bonds. The molecule has 1 heterocycles. The van der Waals surface area contributed by atoms with Crippen LogP contribution in [0.1, 0.15) is 12.8 Å². The van der Waals surface area contributed by atoms with Crippen molar-refractivity contribution in [3.63, 3.8) is 0 Å². The summed E-state index contributed by atoms with van der Waals surface area (Å²) in [5.74, 6) is 0.889. The van der Waals surface area contributed by atoms with Gasteiger partial charge in [-0.1, -0.05) is 24.3 Å². The summed E-state index contributed by atoms with van der Waals surface area (Å²) in [7, 11) is 0. The zero-order valence-corrected chi connectivity index (χ0v) is 15.7. The zero-order valence-electron chi connectivity index (χ0n) is 15.7. The number of imidazole rings is 1. The maximum absolute atomic E-state index is 12.9. The van der Waals surface area contributed by atoms with E-state index in [1.54, 1.807) is 12.1 Å². The summed E-state index contributed by atoms with van der Waals surface area (Å²) >= 11 is 0. The third kappa shape index (κ3) is 4.60. The van der Waals surface area contributed by atoms with Crippen molar-refractivity contribution in [3.8, 4) is 17.1 Å². The molecule has 1 aromatic heterocycles. The molecule has 0 saturated heterocycles. The van der Waals surface area contributed by atoms with Crippen LogP contribution < -0.4 is 10.1 Å². The highest BCUT2D eigenvalue weighted by molar-refractivity contribution is 5.95. The van der Waals surface area contributed by atoms with Gasteiger partial charge in [0, 0.05) is 12.0 Å². The molecule has 6 heteroatoms. The minimum atomic E-state index is -0.306. The van der Waals surface area contributed by atoms with E-state index in [1.807, 2.05) is 48.5 Å². The fourth-order valence-corrected chi connectivity index (χ4v) is 3.05. The topological polar surface area (TPSA) is 67.0 Å². The van der Waals surface area contributed by atoms with Crippen LogP contribution in [-0.2, 0) is 4.79 Å². The number of hydrogen-bond donors (Lipinski definition) is 2. The van der Waals surface area contributed by atoms with Crippen LogP contribution in [0, 0.1) is 5.82 Å². The van der Waals surface area contributed by atoms with Gasteiger partial charge in [-0.15, -0.1) is 0 Å². The van der Waals surface area contributed by atoms with Crippen molar-refractivity contribution in [2.75, 3.05) is 11.9 Å². The van der Waals surface area contributed by atoms with E-state index in [1.165, 1.54) is 12.1 Å². The normalized spacial score (nSPS) is 10.8. The molecular formula is C23H20FN3O2. The number of anilines is 1. The Labute approximate surface area is 167 Å². The molecule has 0 saturated carbocycles. The van der Waals surface area contributed by atoms with E-state index in [2.05, 4.69) is 15.3 Å². The molecule has 5 nitrogen and oxygen atoms in total. The molecule has 0 radical (unpaired) electrons. The van der Waals surface area contributed by atoms with E-state index in [0.29, 0.717) is 36.7 Å². The monoisotopic (exact) mass is 389 g/mol. The molecule has 0 bridgehead atoms. The summed E-state index contributed by atoms with van der Waals surface area (Å²) in [4.78, 5) is 20.3. The third-order valence-corrected chi connectivity index (χ3v) is 4.48. The summed E-state index contributed by atoms with van der Waals surface area (Å²) in [5.41, 5.74) is 3.36. The number of nitrogens with zero attached hydrogens (tertiary/aromatic N) is 1. The predicted molar refractivity (Wildman–Crippen MR) is 111 cm³/mol. The van der Waals surface area contributed by atoms with Gasteiger partial charge in [-0.3, -0.25) is 4.79 Å². The molecule has 4 rings (SSSR count). The Balaban J connectivity index is 1.36. The number of amides is 1. The highest BCUT2D eigenvalue weighted by Crippen LogP contribution is 2.27. The van der Waals surface area contributed by atoms with Gasteiger partial charge in [-0.25, -0.2) is 9.37 Å². The van der Waals surface area contributed by atoms with Gasteiger partial charge < -0.3 is 15.0 Å². The molecule has 0 spiro atoms. The molecule has 4 aromatic rings. The lowest BCUT2D eigenvalue weighted by molar-refractivity contribution is -0.116. The number of carbonyl (C=O) groups is 1. The number of fused-ring (bicyclic) bond motifs is 1. The first-order chi connectivity index (χ1) is 14.2. The van der Waals surface area contributed by atoms with Crippen LogP contribution in [0.5, 0.6) is 5.75 Å². The van der Waals surface area contributed by atoms with Gasteiger partial charge in [0.15, 0.2) is 0 Å². The Hall–Kier alpha value is -3.67. The Kier molecular flexibility index (Phi) is 5.52. The Morgan fingerprint density at radius 2 is 1.76 bits per heavy atom. The number of rotatable bonds is 7. The second-order valence-electron chi connectivity index (χ2n) is 6.60. The average molecular weight is 389 g/mol. The number of benzene rings is 3. The Bertz CT molecular complexity index is 1090. The number of nitrogens with one attached hydrogen (secondary N) is 2. The summed E-state index contributed by atoms with van der Waals surface area (Å²) in [6.07, 6.45) is 0.867. The highest BCUT2D eigenvalue weighted by Gasteiger charge is 2.11. The third-order valence-electron chi connectivity index (χ3n) is 4.48. The minimum Gasteiger partial charge on any atom is -0.494 e. The number of carbonyl (C=O) groups excluding carboxylic acids is 1. The summed E-state index contributed by atoms with van der Waals surface area (Å²) < 4.78 is 18.4. The van der Waals surface area contributed by atoms with Crippen molar-refractivity contribution in [2.45, 2.75) is 12.8 Å². The molecule has 0 aliphatic carbocycles.